The van der Waals surface area contributed by atoms with Crippen molar-refractivity contribution in [3.8, 4) is 22.4 Å². The minimum Gasteiger partial charge on any atom is -0.289 e. The predicted octanol–water partition coefficient (Wildman–Crippen LogP) is 4.80. The van der Waals surface area contributed by atoms with Crippen LogP contribution in [0.15, 0.2) is 73.1 Å². The molecule has 0 fully saturated rings. The fourth-order valence-electron chi connectivity index (χ4n) is 4.05. The van der Waals surface area contributed by atoms with Crippen LogP contribution in [0.1, 0.15) is 16.8 Å². The van der Waals surface area contributed by atoms with Gasteiger partial charge in [-0.05, 0) is 47.0 Å². The van der Waals surface area contributed by atoms with Gasteiger partial charge in [0.15, 0.2) is 0 Å². The molecule has 5 rings (SSSR count). The van der Waals surface area contributed by atoms with Crippen LogP contribution >= 0.6 is 0 Å². The van der Waals surface area contributed by atoms with E-state index in [1.165, 1.54) is 23.3 Å². The zero-order valence-electron chi connectivity index (χ0n) is 16.2. The summed E-state index contributed by atoms with van der Waals surface area (Å²) in [7, 11) is 1.92. The fourth-order valence-corrected chi connectivity index (χ4v) is 4.05. The van der Waals surface area contributed by atoms with Gasteiger partial charge in [-0.1, -0.05) is 30.3 Å². The molecule has 0 aliphatic carbocycles. The summed E-state index contributed by atoms with van der Waals surface area (Å²) in [6, 6.07) is 19.1. The second kappa shape index (κ2) is 7.26. The molecule has 2 aromatic heterocycles. The van der Waals surface area contributed by atoms with Gasteiger partial charge >= 0.3 is 0 Å². The van der Waals surface area contributed by atoms with E-state index in [0.717, 1.165) is 47.7 Å². The molecule has 0 amide bonds. The molecular formula is C24H21FN4. The highest BCUT2D eigenvalue weighted by Crippen LogP contribution is 2.37. The van der Waals surface area contributed by atoms with Crippen molar-refractivity contribution in [2.75, 3.05) is 0 Å². The first-order chi connectivity index (χ1) is 14.2. The molecule has 144 valence electrons. The van der Waals surface area contributed by atoms with Crippen molar-refractivity contribution in [2.45, 2.75) is 19.6 Å². The first-order valence-electron chi connectivity index (χ1n) is 9.70. The van der Waals surface area contributed by atoms with Gasteiger partial charge in [-0.2, -0.15) is 5.10 Å². The molecule has 5 heteroatoms. The second-order valence-electron chi connectivity index (χ2n) is 7.49. The van der Waals surface area contributed by atoms with Gasteiger partial charge < -0.3 is 0 Å². The SMILES string of the molecule is Cn1cc(-c2ccnc3c2CN(Cc2ccccc2)C3)c(-c2ccc(F)cc2)n1. The van der Waals surface area contributed by atoms with Crippen molar-refractivity contribution in [1.29, 1.82) is 0 Å². The molecule has 4 aromatic rings. The smallest absolute Gasteiger partial charge is 0.123 e. The number of halogens is 1. The lowest BCUT2D eigenvalue weighted by molar-refractivity contribution is 0.274. The van der Waals surface area contributed by atoms with Gasteiger partial charge in [-0.25, -0.2) is 4.39 Å². The van der Waals surface area contributed by atoms with Crippen LogP contribution in [0.5, 0.6) is 0 Å². The van der Waals surface area contributed by atoms with E-state index < -0.39 is 0 Å². The molecule has 1 aliphatic heterocycles. The van der Waals surface area contributed by atoms with E-state index in [9.17, 15) is 4.39 Å². The molecule has 0 radical (unpaired) electrons. The largest absolute Gasteiger partial charge is 0.289 e. The predicted molar refractivity (Wildman–Crippen MR) is 111 cm³/mol. The van der Waals surface area contributed by atoms with Crippen molar-refractivity contribution < 1.29 is 4.39 Å². The minimum atomic E-state index is -0.243. The summed E-state index contributed by atoms with van der Waals surface area (Å²) < 4.78 is 15.2. The van der Waals surface area contributed by atoms with E-state index in [1.807, 2.05) is 30.2 Å². The highest BCUT2D eigenvalue weighted by Gasteiger charge is 2.25. The Hall–Kier alpha value is -3.31. The number of hydrogen-bond donors (Lipinski definition) is 0. The third-order valence-electron chi connectivity index (χ3n) is 5.39. The highest BCUT2D eigenvalue weighted by atomic mass is 19.1. The Morgan fingerprint density at radius 3 is 2.52 bits per heavy atom. The molecule has 0 saturated heterocycles. The molecule has 0 spiro atoms. The van der Waals surface area contributed by atoms with Crippen LogP contribution in [0.25, 0.3) is 22.4 Å². The number of rotatable bonds is 4. The summed E-state index contributed by atoms with van der Waals surface area (Å²) in [5.74, 6) is -0.243. The Bertz CT molecular complexity index is 1150. The molecule has 0 unspecified atom stereocenters. The van der Waals surface area contributed by atoms with Crippen LogP contribution in [0.4, 0.5) is 4.39 Å². The summed E-state index contributed by atoms with van der Waals surface area (Å²) in [5.41, 5.74) is 7.65. The van der Waals surface area contributed by atoms with Crippen LogP contribution in [0.3, 0.4) is 0 Å². The van der Waals surface area contributed by atoms with Gasteiger partial charge in [0.25, 0.3) is 0 Å². The molecule has 0 N–H and O–H groups in total. The summed E-state index contributed by atoms with van der Waals surface area (Å²) in [5, 5.41) is 4.66. The molecule has 0 bridgehead atoms. The average molecular weight is 384 g/mol. The van der Waals surface area contributed by atoms with Gasteiger partial charge in [-0.15, -0.1) is 0 Å². The van der Waals surface area contributed by atoms with Crippen LogP contribution < -0.4 is 0 Å². The Balaban J connectivity index is 1.51. The van der Waals surface area contributed by atoms with E-state index in [4.69, 9.17) is 0 Å². The summed E-state index contributed by atoms with van der Waals surface area (Å²) in [4.78, 5) is 7.05. The van der Waals surface area contributed by atoms with E-state index in [1.54, 1.807) is 12.1 Å². The summed E-state index contributed by atoms with van der Waals surface area (Å²) in [6.45, 7) is 2.59. The Kier molecular flexibility index (Phi) is 4.45. The van der Waals surface area contributed by atoms with Gasteiger partial charge in [0.05, 0.1) is 5.69 Å². The first-order valence-corrected chi connectivity index (χ1v) is 9.70. The lowest BCUT2D eigenvalue weighted by Crippen LogP contribution is -2.15. The van der Waals surface area contributed by atoms with E-state index in [0.29, 0.717) is 0 Å². The first kappa shape index (κ1) is 17.8. The maximum absolute atomic E-state index is 13.4. The quantitative estimate of drug-likeness (QED) is 0.507. The van der Waals surface area contributed by atoms with E-state index in [2.05, 4.69) is 45.3 Å². The van der Waals surface area contributed by atoms with Crippen molar-refractivity contribution in [3.05, 3.63) is 95.7 Å². The monoisotopic (exact) mass is 384 g/mol. The van der Waals surface area contributed by atoms with Crippen molar-refractivity contribution in [3.63, 3.8) is 0 Å². The van der Waals surface area contributed by atoms with Crippen molar-refractivity contribution in [1.82, 2.24) is 19.7 Å². The van der Waals surface area contributed by atoms with Crippen molar-refractivity contribution >= 4 is 0 Å². The van der Waals surface area contributed by atoms with Crippen LogP contribution in [-0.4, -0.2) is 19.7 Å². The molecular weight excluding hydrogens is 363 g/mol. The Morgan fingerprint density at radius 2 is 1.72 bits per heavy atom. The maximum Gasteiger partial charge on any atom is 0.123 e. The minimum absolute atomic E-state index is 0.243. The zero-order valence-corrected chi connectivity index (χ0v) is 16.2. The van der Waals surface area contributed by atoms with Crippen LogP contribution in [-0.2, 0) is 26.7 Å². The van der Waals surface area contributed by atoms with Gasteiger partial charge in [-0.3, -0.25) is 14.6 Å². The summed E-state index contributed by atoms with van der Waals surface area (Å²) >= 11 is 0. The lowest BCUT2D eigenvalue weighted by atomic mass is 9.98. The van der Waals surface area contributed by atoms with Crippen molar-refractivity contribution in [2.24, 2.45) is 7.05 Å². The van der Waals surface area contributed by atoms with Gasteiger partial charge in [0, 0.05) is 50.2 Å². The number of nitrogens with zero attached hydrogens (tertiary/aromatic N) is 4. The van der Waals surface area contributed by atoms with Gasteiger partial charge in [0.2, 0.25) is 0 Å². The molecule has 4 nitrogen and oxygen atoms in total. The van der Waals surface area contributed by atoms with E-state index >= 15 is 0 Å². The molecule has 2 aromatic carbocycles. The zero-order chi connectivity index (χ0) is 19.8. The number of aromatic nitrogens is 3. The number of hydrogen-bond acceptors (Lipinski definition) is 3. The number of fused-ring (bicyclic) bond motifs is 1. The highest BCUT2D eigenvalue weighted by molar-refractivity contribution is 5.82. The lowest BCUT2D eigenvalue weighted by Gasteiger charge is -2.14. The van der Waals surface area contributed by atoms with Crippen LogP contribution in [0, 0.1) is 5.82 Å². The molecule has 3 heterocycles. The third kappa shape index (κ3) is 3.45. The van der Waals surface area contributed by atoms with E-state index in [-0.39, 0.29) is 5.82 Å². The number of benzene rings is 2. The van der Waals surface area contributed by atoms with Gasteiger partial charge in [0.1, 0.15) is 11.5 Å². The maximum atomic E-state index is 13.4. The molecule has 29 heavy (non-hydrogen) atoms. The Morgan fingerprint density at radius 1 is 0.931 bits per heavy atom. The van der Waals surface area contributed by atoms with Crippen LogP contribution in [0.2, 0.25) is 0 Å². The number of pyridine rings is 1. The second-order valence-corrected chi connectivity index (χ2v) is 7.49. The standard InChI is InChI=1S/C24H21FN4/c1-28-14-22(24(27-28)18-7-9-19(25)10-8-18)20-11-12-26-23-16-29(15-21(20)23)13-17-5-3-2-4-6-17/h2-12,14H,13,15-16H2,1H3. The third-order valence-corrected chi connectivity index (χ3v) is 5.39. The molecule has 1 aliphatic rings. The normalized spacial score (nSPS) is 13.6. The average Bonchev–Trinajstić information content (AvgIpc) is 3.32. The molecule has 0 saturated carbocycles. The fraction of sp³-hybridized carbons (Fsp3) is 0.167. The Labute approximate surface area is 169 Å². The topological polar surface area (TPSA) is 34.0 Å². The number of aryl methyl sites for hydroxylation is 1. The summed E-state index contributed by atoms with van der Waals surface area (Å²) in [6.07, 6.45) is 3.91. The molecule has 0 atom stereocenters.